The molecule has 0 saturated carbocycles. The molecule has 2 aromatic rings. The zero-order valence-electron chi connectivity index (χ0n) is 14.4. The molecule has 2 aliphatic heterocycles. The van der Waals surface area contributed by atoms with Crippen LogP contribution in [0.3, 0.4) is 0 Å². The molecule has 1 saturated heterocycles. The molecule has 2 amide bonds. The first-order valence-corrected chi connectivity index (χ1v) is 8.82. The predicted molar refractivity (Wildman–Crippen MR) is 94.0 cm³/mol. The van der Waals surface area contributed by atoms with Gasteiger partial charge in [-0.1, -0.05) is 30.3 Å². The minimum absolute atomic E-state index is 0.0815. The third kappa shape index (κ3) is 3.51. The van der Waals surface area contributed by atoms with Crippen molar-refractivity contribution in [2.45, 2.75) is 31.8 Å². The summed E-state index contributed by atoms with van der Waals surface area (Å²) in [7, 11) is 0. The van der Waals surface area contributed by atoms with E-state index in [1.54, 1.807) is 11.0 Å². The van der Waals surface area contributed by atoms with Gasteiger partial charge in [0.1, 0.15) is 11.6 Å². The molecule has 0 aliphatic carbocycles. The monoisotopic (exact) mass is 356 g/mol. The largest absolute Gasteiger partial charge is 0.462 e. The minimum Gasteiger partial charge on any atom is -0.462 e. The maximum Gasteiger partial charge on any atom is 0.317 e. The van der Waals surface area contributed by atoms with Gasteiger partial charge in [-0.05, 0) is 23.8 Å². The second-order valence-electron chi connectivity index (χ2n) is 6.68. The van der Waals surface area contributed by atoms with Gasteiger partial charge in [-0.3, -0.25) is 0 Å². The number of likely N-dealkylation sites (tertiary alicyclic amines) is 1. The van der Waals surface area contributed by atoms with E-state index in [9.17, 15) is 9.18 Å². The molecule has 6 heteroatoms. The number of fused-ring (bicyclic) bond motifs is 1. The number of halogens is 1. The highest BCUT2D eigenvalue weighted by Gasteiger charge is 2.41. The number of amides is 2. The lowest BCUT2D eigenvalue weighted by Crippen LogP contribution is -2.54. The standard InChI is InChI=1S/C20H21FN2O3/c21-17-6-7-18-16(12-17)14-25-20(26-18)8-10-23(11-9-20)19(24)22-13-15-4-2-1-3-5-15/h1-7,12H,8-11,13-14H2,(H,22,24). The van der Waals surface area contributed by atoms with Gasteiger partial charge in [0.05, 0.1) is 6.61 Å². The number of hydrogen-bond acceptors (Lipinski definition) is 3. The molecule has 1 fully saturated rings. The number of hydrogen-bond donors (Lipinski definition) is 1. The Bertz CT molecular complexity index is 789. The van der Waals surface area contributed by atoms with E-state index in [0.29, 0.717) is 44.8 Å². The summed E-state index contributed by atoms with van der Waals surface area (Å²) in [5.41, 5.74) is 1.79. The average molecular weight is 356 g/mol. The van der Waals surface area contributed by atoms with Crippen molar-refractivity contribution in [3.8, 4) is 5.75 Å². The van der Waals surface area contributed by atoms with Crippen LogP contribution in [0, 0.1) is 5.82 Å². The molecule has 1 N–H and O–H groups in total. The molecule has 1 spiro atoms. The molecule has 4 rings (SSSR count). The van der Waals surface area contributed by atoms with Gasteiger partial charge in [0.2, 0.25) is 5.79 Å². The zero-order chi connectivity index (χ0) is 18.0. The maximum absolute atomic E-state index is 13.3. The topological polar surface area (TPSA) is 50.8 Å². The number of rotatable bonds is 2. The molecule has 0 unspecified atom stereocenters. The fraction of sp³-hybridized carbons (Fsp3) is 0.350. The molecule has 2 aliphatic rings. The second kappa shape index (κ2) is 6.96. The number of urea groups is 1. The van der Waals surface area contributed by atoms with Crippen LogP contribution in [0.25, 0.3) is 0 Å². The molecule has 26 heavy (non-hydrogen) atoms. The van der Waals surface area contributed by atoms with Gasteiger partial charge in [0.15, 0.2) is 0 Å². The predicted octanol–water partition coefficient (Wildman–Crippen LogP) is 3.44. The lowest BCUT2D eigenvalue weighted by molar-refractivity contribution is -0.225. The Hall–Kier alpha value is -2.60. The van der Waals surface area contributed by atoms with Crippen LogP contribution in [-0.2, 0) is 17.9 Å². The first-order valence-electron chi connectivity index (χ1n) is 8.82. The van der Waals surface area contributed by atoms with Crippen LogP contribution in [0.5, 0.6) is 5.75 Å². The van der Waals surface area contributed by atoms with Gasteiger partial charge >= 0.3 is 6.03 Å². The number of carbonyl (C=O) groups excluding carboxylic acids is 1. The molecular formula is C20H21FN2O3. The van der Waals surface area contributed by atoms with Crippen LogP contribution in [0.1, 0.15) is 24.0 Å². The Morgan fingerprint density at radius 2 is 1.92 bits per heavy atom. The molecule has 0 radical (unpaired) electrons. The summed E-state index contributed by atoms with van der Waals surface area (Å²) < 4.78 is 25.2. The Kier molecular flexibility index (Phi) is 4.51. The van der Waals surface area contributed by atoms with E-state index in [2.05, 4.69) is 5.32 Å². The molecule has 2 aromatic carbocycles. The van der Waals surface area contributed by atoms with Crippen LogP contribution < -0.4 is 10.1 Å². The molecule has 2 heterocycles. The quantitative estimate of drug-likeness (QED) is 0.897. The molecule has 136 valence electrons. The summed E-state index contributed by atoms with van der Waals surface area (Å²) in [6.45, 7) is 1.94. The summed E-state index contributed by atoms with van der Waals surface area (Å²) in [5, 5.41) is 2.95. The Labute approximate surface area is 151 Å². The summed E-state index contributed by atoms with van der Waals surface area (Å²) in [5.74, 6) is -0.349. The summed E-state index contributed by atoms with van der Waals surface area (Å²) in [4.78, 5) is 14.1. The van der Waals surface area contributed by atoms with E-state index >= 15 is 0 Å². The average Bonchev–Trinajstić information content (AvgIpc) is 2.68. The van der Waals surface area contributed by atoms with Crippen molar-refractivity contribution in [3.63, 3.8) is 0 Å². The van der Waals surface area contributed by atoms with Gasteiger partial charge < -0.3 is 19.7 Å². The number of carbonyl (C=O) groups is 1. The third-order valence-corrected chi connectivity index (χ3v) is 4.91. The van der Waals surface area contributed by atoms with E-state index in [4.69, 9.17) is 9.47 Å². The number of benzene rings is 2. The normalized spacial score (nSPS) is 18.1. The minimum atomic E-state index is -0.721. The van der Waals surface area contributed by atoms with Crippen molar-refractivity contribution in [3.05, 3.63) is 65.5 Å². The molecular weight excluding hydrogens is 335 g/mol. The van der Waals surface area contributed by atoms with Gasteiger partial charge in [-0.2, -0.15) is 0 Å². The summed E-state index contributed by atoms with van der Waals surface area (Å²) in [6.07, 6.45) is 1.17. The maximum atomic E-state index is 13.3. The fourth-order valence-electron chi connectivity index (χ4n) is 3.38. The van der Waals surface area contributed by atoms with Crippen LogP contribution in [0.2, 0.25) is 0 Å². The lowest BCUT2D eigenvalue weighted by Gasteiger charge is -2.43. The van der Waals surface area contributed by atoms with Crippen LogP contribution in [0.4, 0.5) is 9.18 Å². The van der Waals surface area contributed by atoms with Crippen molar-refractivity contribution in [1.29, 1.82) is 0 Å². The van der Waals surface area contributed by atoms with Gasteiger partial charge in [-0.25, -0.2) is 9.18 Å². The summed E-state index contributed by atoms with van der Waals surface area (Å²) in [6, 6.07) is 14.2. The lowest BCUT2D eigenvalue weighted by atomic mass is 10.0. The SMILES string of the molecule is O=C(NCc1ccccc1)N1CCC2(CC1)OCc1cc(F)ccc1O2. The summed E-state index contributed by atoms with van der Waals surface area (Å²) >= 11 is 0. The van der Waals surface area contributed by atoms with E-state index in [1.165, 1.54) is 12.1 Å². The van der Waals surface area contributed by atoms with Crippen molar-refractivity contribution >= 4 is 6.03 Å². The molecule has 5 nitrogen and oxygen atoms in total. The van der Waals surface area contributed by atoms with Crippen LogP contribution in [-0.4, -0.2) is 29.8 Å². The first-order chi connectivity index (χ1) is 12.6. The van der Waals surface area contributed by atoms with Crippen LogP contribution >= 0.6 is 0 Å². The van der Waals surface area contributed by atoms with Crippen molar-refractivity contribution < 1.29 is 18.7 Å². The van der Waals surface area contributed by atoms with Gasteiger partial charge in [-0.15, -0.1) is 0 Å². The smallest absolute Gasteiger partial charge is 0.317 e. The third-order valence-electron chi connectivity index (χ3n) is 4.91. The zero-order valence-corrected chi connectivity index (χ0v) is 14.4. The highest BCUT2D eigenvalue weighted by atomic mass is 19.1. The molecule has 0 bridgehead atoms. The second-order valence-corrected chi connectivity index (χ2v) is 6.68. The first kappa shape index (κ1) is 16.8. The van der Waals surface area contributed by atoms with Crippen molar-refractivity contribution in [2.24, 2.45) is 0 Å². The Morgan fingerprint density at radius 3 is 2.69 bits per heavy atom. The van der Waals surface area contributed by atoms with Gasteiger partial charge in [0.25, 0.3) is 0 Å². The Balaban J connectivity index is 1.32. The Morgan fingerprint density at radius 1 is 1.15 bits per heavy atom. The highest BCUT2D eigenvalue weighted by Crippen LogP contribution is 2.37. The number of ether oxygens (including phenoxy) is 2. The van der Waals surface area contributed by atoms with E-state index < -0.39 is 5.79 Å². The van der Waals surface area contributed by atoms with Crippen molar-refractivity contribution in [2.75, 3.05) is 13.1 Å². The van der Waals surface area contributed by atoms with Gasteiger partial charge in [0, 0.05) is 38.0 Å². The molecule has 0 aromatic heterocycles. The van der Waals surface area contributed by atoms with E-state index in [1.807, 2.05) is 30.3 Å². The highest BCUT2D eigenvalue weighted by molar-refractivity contribution is 5.74. The van der Waals surface area contributed by atoms with Crippen molar-refractivity contribution in [1.82, 2.24) is 10.2 Å². The molecule has 0 atom stereocenters. The van der Waals surface area contributed by atoms with E-state index in [-0.39, 0.29) is 11.8 Å². The number of piperidine rings is 1. The van der Waals surface area contributed by atoms with E-state index in [0.717, 1.165) is 11.1 Å². The number of nitrogens with zero attached hydrogens (tertiary/aromatic N) is 1. The number of nitrogens with one attached hydrogen (secondary N) is 1. The van der Waals surface area contributed by atoms with Crippen LogP contribution in [0.15, 0.2) is 48.5 Å². The fourth-order valence-corrected chi connectivity index (χ4v) is 3.38.